The molecule has 0 radical (unpaired) electrons. The molecular weight excluding hydrogens is 592 g/mol. The van der Waals surface area contributed by atoms with Gasteiger partial charge in [-0.3, -0.25) is 0 Å². The molecule has 4 aromatic rings. The average Bonchev–Trinajstić information content (AvgIpc) is 3.01. The summed E-state index contributed by atoms with van der Waals surface area (Å²) in [6, 6.07) is 16.2. The minimum atomic E-state index is 0.0186. The van der Waals surface area contributed by atoms with Gasteiger partial charge in [-0.15, -0.1) is 0 Å². The quantitative estimate of drug-likeness (QED) is 0.105. The van der Waals surface area contributed by atoms with E-state index in [9.17, 15) is 0 Å². The third-order valence-electron chi connectivity index (χ3n) is 9.13. The lowest BCUT2D eigenvalue weighted by atomic mass is 9.77. The van der Waals surface area contributed by atoms with Gasteiger partial charge in [0.05, 0.1) is 0 Å². The van der Waals surface area contributed by atoms with Crippen LogP contribution in [0.25, 0.3) is 0 Å². The third-order valence-corrected chi connectivity index (χ3v) is 9.13. The predicted octanol–water partition coefficient (Wildman–Crippen LogP) is 7.18. The summed E-state index contributed by atoms with van der Waals surface area (Å²) in [7, 11) is 0. The standard InChI is InChI=1S/C15H26N2.C9H14N2.2C8H12N2/c1-11-6-7-12(14(2,3)9-16)8-13(11)15(4,5)10-17;1-5-4-6(2)9(11)7(3)8(5)10;1-5-3-8(10)6(2)4-7(5)9;1-5-3-7(9)4-6(2)8(5)10/h6-8H,9-10,16-17H2,1-5H3;4H,10-11H2,1-3H3;2*3-4H,9-10H2,1-2H3. The smallest absolute Gasteiger partial charge is 0.0394 e. The first-order chi connectivity index (χ1) is 22.0. The van der Waals surface area contributed by atoms with Crippen molar-refractivity contribution in [3.8, 4) is 0 Å². The van der Waals surface area contributed by atoms with E-state index in [4.69, 9.17) is 45.9 Å². The van der Waals surface area contributed by atoms with Crippen molar-refractivity contribution in [3.63, 3.8) is 0 Å². The molecule has 0 atom stereocenters. The van der Waals surface area contributed by atoms with Crippen LogP contribution in [0, 0.1) is 55.4 Å². The van der Waals surface area contributed by atoms with Gasteiger partial charge in [0.1, 0.15) is 0 Å². The molecule has 0 aliphatic heterocycles. The van der Waals surface area contributed by atoms with Gasteiger partial charge in [0.25, 0.3) is 0 Å². The van der Waals surface area contributed by atoms with Crippen LogP contribution < -0.4 is 45.9 Å². The van der Waals surface area contributed by atoms with Crippen LogP contribution in [0.1, 0.15) is 83.3 Å². The maximum Gasteiger partial charge on any atom is 0.0394 e. The lowest BCUT2D eigenvalue weighted by Crippen LogP contribution is -2.31. The van der Waals surface area contributed by atoms with Gasteiger partial charge in [-0.05, 0) is 135 Å². The van der Waals surface area contributed by atoms with Crippen molar-refractivity contribution < 1.29 is 0 Å². The van der Waals surface area contributed by atoms with Crippen LogP contribution in [0.5, 0.6) is 0 Å². The molecule has 4 aromatic carbocycles. The van der Waals surface area contributed by atoms with E-state index in [0.29, 0.717) is 13.1 Å². The van der Waals surface area contributed by atoms with E-state index < -0.39 is 0 Å². The summed E-state index contributed by atoms with van der Waals surface area (Å²) in [5.41, 5.74) is 62.0. The molecule has 0 bridgehead atoms. The number of hydrogen-bond donors (Lipinski definition) is 8. The van der Waals surface area contributed by atoms with Crippen molar-refractivity contribution in [1.29, 1.82) is 0 Å². The summed E-state index contributed by atoms with van der Waals surface area (Å²) in [6.45, 7) is 25.9. The molecule has 48 heavy (non-hydrogen) atoms. The van der Waals surface area contributed by atoms with Crippen molar-refractivity contribution in [2.45, 2.75) is 93.9 Å². The van der Waals surface area contributed by atoms with E-state index in [0.717, 1.165) is 73.1 Å². The Morgan fingerprint density at radius 1 is 0.438 bits per heavy atom. The summed E-state index contributed by atoms with van der Waals surface area (Å²) in [4.78, 5) is 0. The van der Waals surface area contributed by atoms with Crippen molar-refractivity contribution in [1.82, 2.24) is 0 Å². The molecule has 0 heterocycles. The zero-order valence-corrected chi connectivity index (χ0v) is 31.7. The summed E-state index contributed by atoms with van der Waals surface area (Å²) in [6.07, 6.45) is 0. The Balaban J connectivity index is 0.000000329. The van der Waals surface area contributed by atoms with Crippen LogP contribution in [-0.4, -0.2) is 13.1 Å². The van der Waals surface area contributed by atoms with Crippen LogP contribution >= 0.6 is 0 Å². The van der Waals surface area contributed by atoms with E-state index in [1.54, 1.807) is 0 Å². The molecule has 0 unspecified atom stereocenters. The molecular formula is C40H64N8. The maximum atomic E-state index is 5.87. The van der Waals surface area contributed by atoms with Crippen LogP contribution in [0.3, 0.4) is 0 Å². The summed E-state index contributed by atoms with van der Waals surface area (Å²) < 4.78 is 0. The van der Waals surface area contributed by atoms with Crippen molar-refractivity contribution >= 4 is 34.1 Å². The highest BCUT2D eigenvalue weighted by atomic mass is 14.6. The number of hydrogen-bond acceptors (Lipinski definition) is 8. The molecule has 8 nitrogen and oxygen atoms in total. The summed E-state index contributed by atoms with van der Waals surface area (Å²) >= 11 is 0. The maximum absolute atomic E-state index is 5.87. The fraction of sp³-hybridized carbons (Fsp3) is 0.400. The minimum Gasteiger partial charge on any atom is -0.399 e. The van der Waals surface area contributed by atoms with Gasteiger partial charge >= 0.3 is 0 Å². The van der Waals surface area contributed by atoms with Gasteiger partial charge in [0.2, 0.25) is 0 Å². The molecule has 0 amide bonds. The van der Waals surface area contributed by atoms with Gasteiger partial charge in [-0.25, -0.2) is 0 Å². The predicted molar refractivity (Wildman–Crippen MR) is 214 cm³/mol. The van der Waals surface area contributed by atoms with E-state index >= 15 is 0 Å². The van der Waals surface area contributed by atoms with Crippen LogP contribution in [0.15, 0.2) is 48.5 Å². The second-order valence-electron chi connectivity index (χ2n) is 14.3. The Morgan fingerprint density at radius 2 is 0.833 bits per heavy atom. The van der Waals surface area contributed by atoms with E-state index in [-0.39, 0.29) is 10.8 Å². The topological polar surface area (TPSA) is 208 Å². The zero-order valence-electron chi connectivity index (χ0n) is 31.7. The number of benzene rings is 4. The first-order valence-electron chi connectivity index (χ1n) is 16.4. The molecule has 8 heteroatoms. The van der Waals surface area contributed by atoms with Crippen LogP contribution in [0.4, 0.5) is 34.1 Å². The molecule has 0 spiro atoms. The zero-order chi connectivity index (χ0) is 37.3. The summed E-state index contributed by atoms with van der Waals surface area (Å²) in [5, 5.41) is 0. The number of nitrogen functional groups attached to an aromatic ring is 6. The van der Waals surface area contributed by atoms with Crippen molar-refractivity contribution in [3.05, 3.63) is 104 Å². The highest BCUT2D eigenvalue weighted by molar-refractivity contribution is 5.67. The molecule has 0 saturated carbocycles. The molecule has 0 saturated heterocycles. The second-order valence-corrected chi connectivity index (χ2v) is 14.3. The highest BCUT2D eigenvalue weighted by Gasteiger charge is 2.25. The van der Waals surface area contributed by atoms with Gasteiger partial charge < -0.3 is 45.9 Å². The van der Waals surface area contributed by atoms with Crippen LogP contribution in [0.2, 0.25) is 0 Å². The normalized spacial score (nSPS) is 11.0. The number of nitrogens with two attached hydrogens (primary N) is 8. The fourth-order valence-electron chi connectivity index (χ4n) is 5.09. The van der Waals surface area contributed by atoms with Gasteiger partial charge in [0.15, 0.2) is 0 Å². The Hall–Kier alpha value is -4.40. The molecule has 4 rings (SSSR count). The average molecular weight is 657 g/mol. The molecule has 0 fully saturated rings. The highest BCUT2D eigenvalue weighted by Crippen LogP contribution is 2.31. The third kappa shape index (κ3) is 11.1. The first-order valence-corrected chi connectivity index (χ1v) is 16.4. The molecule has 264 valence electrons. The Morgan fingerprint density at radius 3 is 1.23 bits per heavy atom. The lowest BCUT2D eigenvalue weighted by Gasteiger charge is -2.29. The fourth-order valence-corrected chi connectivity index (χ4v) is 5.09. The Kier molecular flexibility index (Phi) is 14.9. The van der Waals surface area contributed by atoms with Crippen molar-refractivity contribution in [2.24, 2.45) is 11.5 Å². The summed E-state index contributed by atoms with van der Waals surface area (Å²) in [5.74, 6) is 0. The molecule has 0 aliphatic rings. The van der Waals surface area contributed by atoms with E-state index in [1.807, 2.05) is 78.8 Å². The lowest BCUT2D eigenvalue weighted by molar-refractivity contribution is 0.518. The minimum absolute atomic E-state index is 0.0186. The SMILES string of the molecule is Cc1cc(C)c(N)c(C)c1N.Cc1cc(N)c(C)cc1N.Cc1cc(N)cc(C)c1N.Cc1ccc(C(C)(C)CN)cc1C(C)(C)CN. The number of rotatable bonds is 4. The van der Waals surface area contributed by atoms with Gasteiger partial charge in [-0.2, -0.15) is 0 Å². The molecule has 0 aromatic heterocycles. The monoisotopic (exact) mass is 657 g/mol. The second kappa shape index (κ2) is 17.1. The number of aryl methyl sites for hydroxylation is 7. The Bertz CT molecular complexity index is 1590. The first kappa shape index (κ1) is 41.6. The number of anilines is 6. The largest absolute Gasteiger partial charge is 0.399 e. The Labute approximate surface area is 290 Å². The van der Waals surface area contributed by atoms with E-state index in [1.165, 1.54) is 16.7 Å². The van der Waals surface area contributed by atoms with Gasteiger partial charge in [0, 0.05) is 58.0 Å². The van der Waals surface area contributed by atoms with E-state index in [2.05, 4.69) is 52.8 Å². The molecule has 16 N–H and O–H groups in total. The van der Waals surface area contributed by atoms with Crippen molar-refractivity contribution in [2.75, 3.05) is 47.5 Å². The van der Waals surface area contributed by atoms with Crippen LogP contribution in [-0.2, 0) is 10.8 Å². The van der Waals surface area contributed by atoms with Gasteiger partial charge in [-0.1, -0.05) is 52.0 Å². The molecule has 0 aliphatic carbocycles.